The molecule has 7 rings (SSSR count). The molecule has 2 bridgehead atoms. The average Bonchev–Trinajstić information content (AvgIpc) is 3.37. The fourth-order valence-corrected chi connectivity index (χ4v) is 8.69. The maximum atomic E-state index is 7.95. The van der Waals surface area contributed by atoms with Crippen LogP contribution in [-0.2, 0) is 4.74 Å². The summed E-state index contributed by atoms with van der Waals surface area (Å²) in [6.07, 6.45) is 13.3. The van der Waals surface area contributed by atoms with Gasteiger partial charge in [0.15, 0.2) is 0 Å². The molecule has 3 fully saturated rings. The minimum Gasteiger partial charge on any atom is -0.359 e. The molecule has 0 N–H and O–H groups in total. The highest BCUT2D eigenvalue weighted by molar-refractivity contribution is 5.83. The molecule has 1 unspecified atom stereocenters. The molecular weight excluding hydrogens is 402 g/mol. The molecule has 2 saturated carbocycles. The van der Waals surface area contributed by atoms with Crippen LogP contribution >= 0.6 is 0 Å². The van der Waals surface area contributed by atoms with E-state index in [1.54, 1.807) is 11.9 Å². The van der Waals surface area contributed by atoms with Gasteiger partial charge in [0, 0.05) is 10.2 Å². The molecule has 1 saturated heterocycles. The van der Waals surface area contributed by atoms with Crippen molar-refractivity contribution in [2.24, 2.45) is 11.3 Å². The largest absolute Gasteiger partial charge is 0.359 e. The molecule has 0 aromatic heterocycles. The maximum absolute atomic E-state index is 7.95. The summed E-state index contributed by atoms with van der Waals surface area (Å²) in [4.78, 5) is 1.62. The van der Waals surface area contributed by atoms with Crippen LogP contribution in [0.25, 0.3) is 10.8 Å². The molecule has 6 atom stereocenters. The molecule has 0 amide bonds. The summed E-state index contributed by atoms with van der Waals surface area (Å²) in [6, 6.07) is 15.8. The third-order valence-corrected chi connectivity index (χ3v) is 10.4. The summed E-state index contributed by atoms with van der Waals surface area (Å²) < 4.78 is 31.2. The number of benzene rings is 2. The van der Waals surface area contributed by atoms with Crippen molar-refractivity contribution >= 4 is 10.8 Å². The number of rotatable bonds is 2. The van der Waals surface area contributed by atoms with Crippen molar-refractivity contribution in [3.05, 3.63) is 71.3 Å². The first-order valence-electron chi connectivity index (χ1n) is 14.5. The van der Waals surface area contributed by atoms with E-state index in [9.17, 15) is 0 Å². The molecule has 5 aliphatic rings. The van der Waals surface area contributed by atoms with Crippen molar-refractivity contribution in [1.82, 2.24) is 4.90 Å². The first-order valence-corrected chi connectivity index (χ1v) is 13.0. The van der Waals surface area contributed by atoms with Gasteiger partial charge >= 0.3 is 0 Å². The molecule has 2 aromatic rings. The second kappa shape index (κ2) is 6.83. The van der Waals surface area contributed by atoms with Crippen molar-refractivity contribution in [3.63, 3.8) is 0 Å². The number of nitrogens with zero attached hydrogens (tertiary/aromatic N) is 1. The smallest absolute Gasteiger partial charge is 0.0974 e. The van der Waals surface area contributed by atoms with E-state index in [1.807, 2.05) is 0 Å². The van der Waals surface area contributed by atoms with Crippen LogP contribution in [0.2, 0.25) is 0 Å². The van der Waals surface area contributed by atoms with Crippen LogP contribution in [-0.4, -0.2) is 36.2 Å². The number of hydrogen-bond donors (Lipinski definition) is 0. The first kappa shape index (κ1) is 17.5. The van der Waals surface area contributed by atoms with Crippen molar-refractivity contribution in [1.29, 1.82) is 0 Å². The Labute approximate surface area is 202 Å². The summed E-state index contributed by atoms with van der Waals surface area (Å²) in [5.41, 5.74) is 4.01. The van der Waals surface area contributed by atoms with Crippen molar-refractivity contribution in [3.8, 4) is 0 Å². The number of allylic oxidation sites excluding steroid dienone is 1. The van der Waals surface area contributed by atoms with Gasteiger partial charge in [0.05, 0.1) is 11.2 Å². The van der Waals surface area contributed by atoms with Crippen LogP contribution in [0.1, 0.15) is 73.9 Å². The van der Waals surface area contributed by atoms with E-state index in [2.05, 4.69) is 61.5 Å². The molecule has 172 valence electrons. The van der Waals surface area contributed by atoms with Gasteiger partial charge in [-0.15, -0.1) is 0 Å². The van der Waals surface area contributed by atoms with E-state index in [0.29, 0.717) is 11.8 Å². The van der Waals surface area contributed by atoms with Crippen LogP contribution in [0, 0.1) is 11.3 Å². The fraction of sp³-hybridized carbons (Fsp3) is 0.548. The van der Waals surface area contributed by atoms with Gasteiger partial charge in [0.2, 0.25) is 0 Å². The summed E-state index contributed by atoms with van der Waals surface area (Å²) >= 11 is 0. The summed E-state index contributed by atoms with van der Waals surface area (Å²) in [6.45, 7) is 0.465. The number of fused-ring (bicyclic) bond motifs is 2. The second-order valence-corrected chi connectivity index (χ2v) is 11.8. The van der Waals surface area contributed by atoms with Gasteiger partial charge in [-0.05, 0) is 110 Å². The Morgan fingerprint density at radius 3 is 2.82 bits per heavy atom. The molecule has 33 heavy (non-hydrogen) atoms. The zero-order chi connectivity index (χ0) is 24.9. The van der Waals surface area contributed by atoms with Gasteiger partial charge in [-0.25, -0.2) is 0 Å². The Morgan fingerprint density at radius 1 is 1.06 bits per heavy atom. The molecule has 2 heteroatoms. The molecule has 2 aromatic carbocycles. The van der Waals surface area contributed by atoms with Crippen molar-refractivity contribution < 1.29 is 8.85 Å². The van der Waals surface area contributed by atoms with Gasteiger partial charge in [0.25, 0.3) is 0 Å². The van der Waals surface area contributed by atoms with Crippen LogP contribution in [0.5, 0.6) is 0 Å². The lowest BCUT2D eigenvalue weighted by Crippen LogP contribution is -2.55. The molecule has 0 radical (unpaired) electrons. The van der Waals surface area contributed by atoms with Gasteiger partial charge in [-0.2, -0.15) is 0 Å². The van der Waals surface area contributed by atoms with E-state index < -0.39 is 6.98 Å². The molecule has 2 nitrogen and oxygen atoms in total. The van der Waals surface area contributed by atoms with Gasteiger partial charge < -0.3 is 9.64 Å². The van der Waals surface area contributed by atoms with Crippen LogP contribution in [0.4, 0.5) is 0 Å². The third-order valence-electron chi connectivity index (χ3n) is 10.4. The van der Waals surface area contributed by atoms with Gasteiger partial charge in [-0.1, -0.05) is 61.5 Å². The summed E-state index contributed by atoms with van der Waals surface area (Å²) in [7, 11) is 1.77. The first-order chi connectivity index (χ1) is 17.1. The highest BCUT2D eigenvalue weighted by atomic mass is 16.5. The minimum atomic E-state index is -2.06. The lowest BCUT2D eigenvalue weighted by Gasteiger charge is -2.54. The topological polar surface area (TPSA) is 12.5 Å². The monoisotopic (exact) mass is 442 g/mol. The third kappa shape index (κ3) is 2.68. The van der Waals surface area contributed by atoms with Gasteiger partial charge in [0.1, 0.15) is 0 Å². The predicted octanol–water partition coefficient (Wildman–Crippen LogP) is 7.01. The predicted molar refractivity (Wildman–Crippen MR) is 135 cm³/mol. The molecule has 2 spiro atoms. The average molecular weight is 443 g/mol. The Kier molecular flexibility index (Phi) is 3.63. The van der Waals surface area contributed by atoms with E-state index in [4.69, 9.17) is 8.85 Å². The Bertz CT molecular complexity index is 1300. The van der Waals surface area contributed by atoms with Gasteiger partial charge in [-0.3, -0.25) is 0 Å². The SMILES string of the molecule is [2H]C([2H])([2H])N(C)[C@H]1CCC2=CC3=CC[C@]4(C)[C@@H](c5ccc6ccccc6c5)CC[C@H]4[C@@]34CCC2(C1)O4. The van der Waals surface area contributed by atoms with Crippen LogP contribution < -0.4 is 0 Å². The summed E-state index contributed by atoms with van der Waals surface area (Å²) in [5.74, 6) is 1.03. The highest BCUT2D eigenvalue weighted by Crippen LogP contribution is 2.69. The Morgan fingerprint density at radius 2 is 1.94 bits per heavy atom. The zero-order valence-corrected chi connectivity index (χ0v) is 19.9. The maximum Gasteiger partial charge on any atom is 0.0974 e. The Hall–Kier alpha value is -1.90. The van der Waals surface area contributed by atoms with Crippen molar-refractivity contribution in [2.45, 2.75) is 81.5 Å². The lowest BCUT2D eigenvalue weighted by molar-refractivity contribution is -0.139. The van der Waals surface area contributed by atoms with E-state index in [-0.39, 0.29) is 22.7 Å². The normalized spacial score (nSPS) is 43.1. The quantitative estimate of drug-likeness (QED) is 0.496. The molecular formula is C31H37NO. The van der Waals surface area contributed by atoms with Crippen LogP contribution in [0.15, 0.2) is 65.8 Å². The standard InChI is InChI=1S/C31H37NO/c1-29-15-14-25-19-24-10-11-26(32(2)3)20-30(24)16-17-31(25,33-30)28(29)13-12-27(29)23-9-8-21-6-4-5-7-22(21)18-23/h4-9,14,18-19,26-28H,10-13,15-17,20H2,1-3H3/t26-,27+,28+,29+,30?,31+/m0/s1/i2D3. The fourth-order valence-electron chi connectivity index (χ4n) is 8.69. The minimum absolute atomic E-state index is 0.0410. The molecule has 2 heterocycles. The number of hydrogen-bond acceptors (Lipinski definition) is 2. The van der Waals surface area contributed by atoms with Crippen molar-refractivity contribution in [2.75, 3.05) is 14.0 Å². The molecule has 2 aliphatic heterocycles. The Balaban J connectivity index is 1.24. The summed E-state index contributed by atoms with van der Waals surface area (Å²) in [5, 5.41) is 2.64. The number of ether oxygens (including phenoxy) is 1. The van der Waals surface area contributed by atoms with E-state index >= 15 is 0 Å². The van der Waals surface area contributed by atoms with E-state index in [1.165, 1.54) is 40.3 Å². The highest BCUT2D eigenvalue weighted by Gasteiger charge is 2.66. The molecule has 3 aliphatic carbocycles. The second-order valence-electron chi connectivity index (χ2n) is 11.8. The van der Waals surface area contributed by atoms with E-state index in [0.717, 1.165) is 38.5 Å². The lowest BCUT2D eigenvalue weighted by atomic mass is 9.58. The zero-order valence-electron chi connectivity index (χ0n) is 22.9. The van der Waals surface area contributed by atoms with Crippen LogP contribution in [0.3, 0.4) is 0 Å².